The second kappa shape index (κ2) is 12.3. The van der Waals surface area contributed by atoms with Crippen LogP contribution >= 0.6 is 0 Å². The van der Waals surface area contributed by atoms with Gasteiger partial charge in [0.15, 0.2) is 0 Å². The first kappa shape index (κ1) is 38.9. The second-order valence-corrected chi connectivity index (χ2v) is 24.2. The van der Waals surface area contributed by atoms with Gasteiger partial charge in [-0.25, -0.2) is 4.98 Å². The number of hydrogen-bond donors (Lipinski definition) is 0. The Morgan fingerprint density at radius 3 is 2.18 bits per heavy atom. The molecule has 306 valence electrons. The van der Waals surface area contributed by atoms with Gasteiger partial charge in [0.1, 0.15) is 5.82 Å². The van der Waals surface area contributed by atoms with Gasteiger partial charge in [-0.2, -0.15) is 0 Å². The van der Waals surface area contributed by atoms with Crippen molar-refractivity contribution >= 4 is 68.0 Å². The van der Waals surface area contributed by atoms with Gasteiger partial charge in [-0.05, 0) is 134 Å². The quantitative estimate of drug-likeness (QED) is 0.163. The minimum absolute atomic E-state index is 0.0384. The van der Waals surface area contributed by atoms with Gasteiger partial charge < -0.3 is 0 Å². The molecule has 1 aromatic heterocycles. The van der Waals surface area contributed by atoms with Crippen LogP contribution in [0.25, 0.3) is 27.5 Å². The predicted molar refractivity (Wildman–Crippen MR) is 260 cm³/mol. The molecule has 0 N–H and O–H groups in total. The van der Waals surface area contributed by atoms with Gasteiger partial charge in [-0.3, -0.25) is 4.57 Å². The maximum atomic E-state index is 5.94. The van der Waals surface area contributed by atoms with Crippen molar-refractivity contribution in [3.8, 4) is 5.69 Å². The predicted octanol–water partition coefficient (Wildman–Crippen LogP) is 9.95. The summed E-state index contributed by atoms with van der Waals surface area (Å²) in [5.41, 5.74) is 22.7. The van der Waals surface area contributed by atoms with E-state index < -0.39 is 0 Å². The maximum Gasteiger partial charge on any atom is 0.245 e. The largest absolute Gasteiger partial charge is 0.297 e. The number of aryl methyl sites for hydroxylation is 1. The van der Waals surface area contributed by atoms with Crippen LogP contribution in [0, 0.1) is 18.3 Å². The van der Waals surface area contributed by atoms with Crippen molar-refractivity contribution in [2.45, 2.75) is 163 Å². The minimum atomic E-state index is -0.0384. The van der Waals surface area contributed by atoms with Gasteiger partial charge in [0, 0.05) is 12.1 Å². The molecule has 2 aliphatic heterocycles. The number of hydrogen-bond acceptors (Lipinski definition) is 1. The minimum Gasteiger partial charge on any atom is -0.297 e. The van der Waals surface area contributed by atoms with Crippen LogP contribution in [-0.4, -0.2) is 23.0 Å². The number of fused-ring (bicyclic) bond motifs is 9. The zero-order chi connectivity index (χ0) is 42.2. The van der Waals surface area contributed by atoms with Crippen LogP contribution in [0.3, 0.4) is 0 Å². The van der Waals surface area contributed by atoms with E-state index in [0.29, 0.717) is 5.92 Å². The van der Waals surface area contributed by atoms with Crippen LogP contribution in [0.1, 0.15) is 167 Å². The summed E-state index contributed by atoms with van der Waals surface area (Å²) in [4.78, 5) is 5.94. The normalized spacial score (nSPS) is 23.1. The summed E-state index contributed by atoms with van der Waals surface area (Å²) in [5, 5.41) is 2.73. The molecule has 5 aromatic carbocycles. The van der Waals surface area contributed by atoms with Crippen molar-refractivity contribution in [3.05, 3.63) is 106 Å². The van der Waals surface area contributed by atoms with Crippen LogP contribution in [0.5, 0.6) is 0 Å². The summed E-state index contributed by atoms with van der Waals surface area (Å²) in [5.74, 6) is 2.63. The molecule has 0 amide bonds. The topological polar surface area (TPSA) is 17.8 Å². The zero-order valence-corrected chi connectivity index (χ0v) is 39.0. The molecule has 6 aliphatic rings. The van der Waals surface area contributed by atoms with Crippen LogP contribution in [0.15, 0.2) is 66.7 Å². The summed E-state index contributed by atoms with van der Waals surface area (Å²) >= 11 is 0. The molecular formula is C56H66B2N2. The molecule has 3 unspecified atom stereocenters. The lowest BCUT2D eigenvalue weighted by atomic mass is 9.19. The van der Waals surface area contributed by atoms with Crippen molar-refractivity contribution in [1.82, 2.24) is 9.55 Å². The van der Waals surface area contributed by atoms with Crippen LogP contribution in [-0.2, 0) is 28.1 Å². The Kier molecular flexibility index (Phi) is 7.98. The van der Waals surface area contributed by atoms with Crippen molar-refractivity contribution in [2.24, 2.45) is 11.3 Å². The van der Waals surface area contributed by atoms with Gasteiger partial charge >= 0.3 is 0 Å². The molecule has 12 rings (SSSR count). The van der Waals surface area contributed by atoms with E-state index in [4.69, 9.17) is 4.98 Å². The lowest BCUT2D eigenvalue weighted by Gasteiger charge is -2.52. The smallest absolute Gasteiger partial charge is 0.245 e. The molecule has 3 atom stereocenters. The van der Waals surface area contributed by atoms with Crippen LogP contribution < -0.4 is 32.8 Å². The van der Waals surface area contributed by atoms with Crippen molar-refractivity contribution in [3.63, 3.8) is 0 Å². The highest BCUT2D eigenvalue weighted by Crippen LogP contribution is 2.56. The highest BCUT2D eigenvalue weighted by atomic mass is 15.1. The first-order valence-corrected chi connectivity index (χ1v) is 23.7. The molecule has 1 saturated carbocycles. The highest BCUT2D eigenvalue weighted by molar-refractivity contribution is 7.13. The lowest BCUT2D eigenvalue weighted by molar-refractivity contribution is 0.173. The summed E-state index contributed by atoms with van der Waals surface area (Å²) < 4.78 is 2.71. The molecule has 0 radical (unpaired) electrons. The fourth-order valence-corrected chi connectivity index (χ4v) is 13.7. The number of benzene rings is 5. The van der Waals surface area contributed by atoms with Gasteiger partial charge in [0.05, 0.1) is 11.0 Å². The van der Waals surface area contributed by atoms with E-state index in [1.54, 1.807) is 22.1 Å². The molecule has 6 aromatic rings. The Balaban J connectivity index is 1.35. The highest BCUT2D eigenvalue weighted by Gasteiger charge is 2.52. The number of nitrogens with zero attached hydrogens (tertiary/aromatic N) is 2. The average molecular weight is 789 g/mol. The summed E-state index contributed by atoms with van der Waals surface area (Å²) in [7, 11) is 0. The van der Waals surface area contributed by atoms with Crippen LogP contribution in [0.2, 0.25) is 0 Å². The van der Waals surface area contributed by atoms with E-state index in [-0.39, 0.29) is 40.5 Å². The van der Waals surface area contributed by atoms with Crippen molar-refractivity contribution < 1.29 is 0 Å². The summed E-state index contributed by atoms with van der Waals surface area (Å²) in [6.45, 7) is 32.2. The monoisotopic (exact) mass is 789 g/mol. The average Bonchev–Trinajstić information content (AvgIpc) is 3.54. The first-order valence-electron chi connectivity index (χ1n) is 23.7. The van der Waals surface area contributed by atoms with Gasteiger partial charge in [0.25, 0.3) is 0 Å². The number of imidazole rings is 1. The zero-order valence-electron chi connectivity index (χ0n) is 39.0. The third kappa shape index (κ3) is 5.30. The van der Waals surface area contributed by atoms with E-state index in [1.807, 2.05) is 0 Å². The molecule has 3 heterocycles. The molecule has 0 spiro atoms. The van der Waals surface area contributed by atoms with Gasteiger partial charge in [-0.1, -0.05) is 178 Å². The molecular weight excluding hydrogens is 722 g/mol. The number of aromatic nitrogens is 2. The summed E-state index contributed by atoms with van der Waals surface area (Å²) in [6, 6.07) is 27.6. The third-order valence-corrected chi connectivity index (χ3v) is 16.9. The molecule has 4 aliphatic carbocycles. The SMILES string of the molecule is CCC1CC2(C)CCC1c1cc3c(cc12)B(c1c(C)ccc2ccccc12)c1cc(C(C)(C)C)cc2c1B3c1cc3c(c4nc(CC(C)(C)C)n-2c14)C(C)(C)CCC3(C)C. The van der Waals surface area contributed by atoms with E-state index in [9.17, 15) is 0 Å². The molecule has 2 nitrogen and oxygen atoms in total. The summed E-state index contributed by atoms with van der Waals surface area (Å²) in [6.07, 6.45) is 8.52. The van der Waals surface area contributed by atoms with E-state index >= 15 is 0 Å². The molecule has 1 fully saturated rings. The van der Waals surface area contributed by atoms with Crippen molar-refractivity contribution in [2.75, 3.05) is 0 Å². The number of rotatable bonds is 3. The Labute approximate surface area is 361 Å². The van der Waals surface area contributed by atoms with E-state index in [2.05, 4.69) is 161 Å². The molecule has 60 heavy (non-hydrogen) atoms. The fourth-order valence-electron chi connectivity index (χ4n) is 13.7. The molecule has 4 heteroatoms. The Morgan fingerprint density at radius 1 is 0.750 bits per heavy atom. The third-order valence-electron chi connectivity index (χ3n) is 16.9. The maximum absolute atomic E-state index is 5.94. The van der Waals surface area contributed by atoms with Crippen molar-refractivity contribution in [1.29, 1.82) is 0 Å². The van der Waals surface area contributed by atoms with Gasteiger partial charge in [-0.15, -0.1) is 0 Å². The molecule has 0 saturated heterocycles. The van der Waals surface area contributed by atoms with Gasteiger partial charge in [0.2, 0.25) is 13.4 Å². The fraction of sp³-hybridized carbons (Fsp3) is 0.482. The van der Waals surface area contributed by atoms with E-state index in [0.717, 1.165) is 12.3 Å². The van der Waals surface area contributed by atoms with E-state index in [1.165, 1.54) is 116 Å². The van der Waals surface area contributed by atoms with Crippen LogP contribution in [0.4, 0.5) is 0 Å². The Hall–Kier alpha value is -4.04. The lowest BCUT2D eigenvalue weighted by Crippen LogP contribution is -2.77. The Bertz CT molecular complexity index is 2840. The first-order chi connectivity index (χ1) is 28.2. The molecule has 2 bridgehead atoms. The Morgan fingerprint density at radius 2 is 1.45 bits per heavy atom. The second-order valence-electron chi connectivity index (χ2n) is 24.2. The standard InChI is InChI=1S/C56H66B2N2/c1-14-33-30-56(13)22-21-36(33)38-27-41-42(28-39(38)56)57(48-32(2)19-20-34-17-15-16-18-37(34)48)43-25-35(53(6,7)8)26-45-49(43)58(41)44-29-40-47(55(11,12)24-23-54(40,9)10)50-51(44)60(45)46(59-50)31-52(3,4)5/h15-20,25-29,33,36H,14,21-24,30-31H2,1-13H3.